The van der Waals surface area contributed by atoms with Gasteiger partial charge in [0.05, 0.1) is 12.3 Å². The standard InChI is InChI=1S/C16H29N3OS/c1-5-19(9-10-20-6-2)16-18-15(12(3)4)14(21-16)11-17-13-7-8-13/h12-13,17H,5-11H2,1-4H3. The van der Waals surface area contributed by atoms with Crippen LogP contribution in [0.5, 0.6) is 0 Å². The second kappa shape index (κ2) is 8.11. The van der Waals surface area contributed by atoms with Crippen LogP contribution in [-0.2, 0) is 11.3 Å². The van der Waals surface area contributed by atoms with E-state index in [9.17, 15) is 0 Å². The highest BCUT2D eigenvalue weighted by Gasteiger charge is 2.23. The van der Waals surface area contributed by atoms with E-state index in [1.807, 2.05) is 18.3 Å². The van der Waals surface area contributed by atoms with Crippen LogP contribution in [0.2, 0.25) is 0 Å². The third kappa shape index (κ3) is 4.94. The fraction of sp³-hybridized carbons (Fsp3) is 0.812. The molecule has 0 atom stereocenters. The molecule has 1 aliphatic carbocycles. The van der Waals surface area contributed by atoms with Crippen molar-refractivity contribution in [3.63, 3.8) is 0 Å². The van der Waals surface area contributed by atoms with Crippen molar-refractivity contribution in [2.75, 3.05) is 31.2 Å². The number of nitrogens with one attached hydrogen (secondary N) is 1. The molecule has 5 heteroatoms. The van der Waals surface area contributed by atoms with Gasteiger partial charge in [-0.2, -0.15) is 0 Å². The van der Waals surface area contributed by atoms with Crippen molar-refractivity contribution in [2.45, 2.75) is 59.0 Å². The minimum atomic E-state index is 0.483. The largest absolute Gasteiger partial charge is 0.380 e. The van der Waals surface area contributed by atoms with Crippen LogP contribution in [0, 0.1) is 0 Å². The SMILES string of the molecule is CCOCCN(CC)c1nc(C(C)C)c(CNC2CC2)s1. The van der Waals surface area contributed by atoms with E-state index in [4.69, 9.17) is 9.72 Å². The summed E-state index contributed by atoms with van der Waals surface area (Å²) in [5.74, 6) is 0.483. The smallest absolute Gasteiger partial charge is 0.185 e. The van der Waals surface area contributed by atoms with Crippen molar-refractivity contribution < 1.29 is 4.74 Å². The summed E-state index contributed by atoms with van der Waals surface area (Å²) in [4.78, 5) is 8.64. The molecule has 0 saturated heterocycles. The van der Waals surface area contributed by atoms with Crippen LogP contribution < -0.4 is 10.2 Å². The maximum atomic E-state index is 5.48. The summed E-state index contributed by atoms with van der Waals surface area (Å²) >= 11 is 1.85. The van der Waals surface area contributed by atoms with E-state index in [1.165, 1.54) is 23.4 Å². The molecule has 1 heterocycles. The number of thiazole rings is 1. The first-order chi connectivity index (χ1) is 10.2. The Hall–Kier alpha value is -0.650. The molecule has 0 spiro atoms. The van der Waals surface area contributed by atoms with Crippen molar-refractivity contribution in [1.82, 2.24) is 10.3 Å². The van der Waals surface area contributed by atoms with E-state index in [0.717, 1.165) is 44.0 Å². The second-order valence-electron chi connectivity index (χ2n) is 5.89. The minimum Gasteiger partial charge on any atom is -0.380 e. The lowest BCUT2D eigenvalue weighted by atomic mass is 10.1. The molecule has 0 aromatic carbocycles. The number of hydrogen-bond acceptors (Lipinski definition) is 5. The van der Waals surface area contributed by atoms with Gasteiger partial charge in [0, 0.05) is 37.2 Å². The Morgan fingerprint density at radius 2 is 2.14 bits per heavy atom. The molecule has 1 aliphatic rings. The van der Waals surface area contributed by atoms with Crippen LogP contribution in [-0.4, -0.2) is 37.3 Å². The Balaban J connectivity index is 2.04. The summed E-state index contributed by atoms with van der Waals surface area (Å²) in [6.07, 6.45) is 2.66. The summed E-state index contributed by atoms with van der Waals surface area (Å²) in [5.41, 5.74) is 1.26. The maximum absolute atomic E-state index is 5.48. The first-order valence-corrected chi connectivity index (χ1v) is 9.03. The summed E-state index contributed by atoms with van der Waals surface area (Å²) in [5, 5.41) is 4.76. The van der Waals surface area contributed by atoms with Gasteiger partial charge in [-0.3, -0.25) is 0 Å². The molecule has 1 aromatic heterocycles. The predicted octanol–water partition coefficient (Wildman–Crippen LogP) is 3.38. The topological polar surface area (TPSA) is 37.4 Å². The normalized spacial score (nSPS) is 14.9. The lowest BCUT2D eigenvalue weighted by molar-refractivity contribution is 0.154. The summed E-state index contributed by atoms with van der Waals surface area (Å²) < 4.78 is 5.48. The molecule has 1 fully saturated rings. The fourth-order valence-electron chi connectivity index (χ4n) is 2.30. The molecule has 2 rings (SSSR count). The number of nitrogens with zero attached hydrogens (tertiary/aromatic N) is 2. The van der Waals surface area contributed by atoms with Crippen molar-refractivity contribution >= 4 is 16.5 Å². The van der Waals surface area contributed by atoms with Crippen molar-refractivity contribution in [1.29, 1.82) is 0 Å². The van der Waals surface area contributed by atoms with Crippen LogP contribution in [0.3, 0.4) is 0 Å². The number of hydrogen-bond donors (Lipinski definition) is 1. The van der Waals surface area contributed by atoms with E-state index in [2.05, 4.69) is 31.0 Å². The highest BCUT2D eigenvalue weighted by Crippen LogP contribution is 2.31. The van der Waals surface area contributed by atoms with Gasteiger partial charge in [0.2, 0.25) is 0 Å². The second-order valence-corrected chi connectivity index (χ2v) is 6.95. The minimum absolute atomic E-state index is 0.483. The third-order valence-electron chi connectivity index (χ3n) is 3.75. The van der Waals surface area contributed by atoms with E-state index < -0.39 is 0 Å². The number of rotatable bonds is 10. The number of ether oxygens (including phenoxy) is 1. The highest BCUT2D eigenvalue weighted by molar-refractivity contribution is 7.15. The van der Waals surface area contributed by atoms with Gasteiger partial charge in [-0.1, -0.05) is 13.8 Å². The zero-order valence-electron chi connectivity index (χ0n) is 13.8. The molecular weight excluding hydrogens is 282 g/mol. The molecule has 4 nitrogen and oxygen atoms in total. The Morgan fingerprint density at radius 3 is 2.71 bits per heavy atom. The summed E-state index contributed by atoms with van der Waals surface area (Å²) in [7, 11) is 0. The quantitative estimate of drug-likeness (QED) is 0.672. The van der Waals surface area contributed by atoms with Gasteiger partial charge in [0.1, 0.15) is 0 Å². The van der Waals surface area contributed by atoms with E-state index >= 15 is 0 Å². The van der Waals surface area contributed by atoms with E-state index in [1.54, 1.807) is 0 Å². The van der Waals surface area contributed by atoms with Gasteiger partial charge in [-0.25, -0.2) is 4.98 Å². The predicted molar refractivity (Wildman–Crippen MR) is 90.4 cm³/mol. The zero-order valence-corrected chi connectivity index (χ0v) is 14.6. The maximum Gasteiger partial charge on any atom is 0.185 e. The van der Waals surface area contributed by atoms with Crippen LogP contribution in [0.15, 0.2) is 0 Å². The van der Waals surface area contributed by atoms with Crippen molar-refractivity contribution in [3.05, 3.63) is 10.6 Å². The zero-order chi connectivity index (χ0) is 15.2. The van der Waals surface area contributed by atoms with Crippen LogP contribution in [0.4, 0.5) is 5.13 Å². The molecule has 0 amide bonds. The molecule has 120 valence electrons. The highest BCUT2D eigenvalue weighted by atomic mass is 32.1. The summed E-state index contributed by atoms with van der Waals surface area (Å²) in [6, 6.07) is 0.746. The van der Waals surface area contributed by atoms with Crippen molar-refractivity contribution in [2.24, 2.45) is 0 Å². The third-order valence-corrected chi connectivity index (χ3v) is 4.89. The van der Waals surface area contributed by atoms with Gasteiger partial charge >= 0.3 is 0 Å². The lowest BCUT2D eigenvalue weighted by Crippen LogP contribution is -2.27. The van der Waals surface area contributed by atoms with Gasteiger partial charge in [-0.15, -0.1) is 11.3 Å². The molecule has 1 N–H and O–H groups in total. The Kier molecular flexibility index (Phi) is 6.45. The fourth-order valence-corrected chi connectivity index (χ4v) is 3.55. The van der Waals surface area contributed by atoms with Gasteiger partial charge < -0.3 is 15.0 Å². The van der Waals surface area contributed by atoms with E-state index in [-0.39, 0.29) is 0 Å². The summed E-state index contributed by atoms with van der Waals surface area (Å²) in [6.45, 7) is 13.1. The Morgan fingerprint density at radius 1 is 1.38 bits per heavy atom. The molecule has 0 unspecified atom stereocenters. The average Bonchev–Trinajstić information content (AvgIpc) is 3.20. The Labute approximate surface area is 132 Å². The van der Waals surface area contributed by atoms with Crippen LogP contribution >= 0.6 is 11.3 Å². The molecule has 1 aromatic rings. The lowest BCUT2D eigenvalue weighted by Gasteiger charge is -2.19. The number of aromatic nitrogens is 1. The molecular formula is C16H29N3OS. The molecule has 21 heavy (non-hydrogen) atoms. The number of likely N-dealkylation sites (N-methyl/N-ethyl adjacent to an activating group) is 1. The first kappa shape index (κ1) is 16.7. The van der Waals surface area contributed by atoms with Gasteiger partial charge in [0.25, 0.3) is 0 Å². The molecule has 0 bridgehead atoms. The van der Waals surface area contributed by atoms with Crippen molar-refractivity contribution in [3.8, 4) is 0 Å². The molecule has 0 radical (unpaired) electrons. The molecule has 1 saturated carbocycles. The van der Waals surface area contributed by atoms with Crippen LogP contribution in [0.1, 0.15) is 57.0 Å². The van der Waals surface area contributed by atoms with Crippen LogP contribution in [0.25, 0.3) is 0 Å². The van der Waals surface area contributed by atoms with E-state index in [0.29, 0.717) is 5.92 Å². The number of anilines is 1. The monoisotopic (exact) mass is 311 g/mol. The average molecular weight is 311 g/mol. The Bertz CT molecular complexity index is 429. The first-order valence-electron chi connectivity index (χ1n) is 8.21. The molecule has 0 aliphatic heterocycles. The van der Waals surface area contributed by atoms with Gasteiger partial charge in [-0.05, 0) is 32.6 Å². The van der Waals surface area contributed by atoms with Gasteiger partial charge in [0.15, 0.2) is 5.13 Å².